The predicted molar refractivity (Wildman–Crippen MR) is 78.8 cm³/mol. The third kappa shape index (κ3) is 4.24. The molecule has 0 saturated heterocycles. The van der Waals surface area contributed by atoms with Gasteiger partial charge in [0.25, 0.3) is 0 Å². The van der Waals surface area contributed by atoms with Crippen LogP contribution in [0.3, 0.4) is 0 Å². The number of rotatable bonds is 9. The van der Waals surface area contributed by atoms with E-state index in [9.17, 15) is 0 Å². The van der Waals surface area contributed by atoms with E-state index in [2.05, 4.69) is 31.0 Å². The summed E-state index contributed by atoms with van der Waals surface area (Å²) in [5, 5.41) is 3.66. The van der Waals surface area contributed by atoms with E-state index in [1.165, 1.54) is 58.3 Å². The van der Waals surface area contributed by atoms with Crippen LogP contribution in [0, 0.1) is 17.8 Å². The summed E-state index contributed by atoms with van der Waals surface area (Å²) in [7, 11) is 0. The highest BCUT2D eigenvalue weighted by molar-refractivity contribution is 4.92. The van der Waals surface area contributed by atoms with Crippen LogP contribution >= 0.6 is 0 Å². The summed E-state index contributed by atoms with van der Waals surface area (Å²) < 4.78 is 0. The van der Waals surface area contributed by atoms with Crippen molar-refractivity contribution in [3.05, 3.63) is 0 Å². The van der Waals surface area contributed by atoms with E-state index in [4.69, 9.17) is 0 Å². The molecule has 2 fully saturated rings. The van der Waals surface area contributed by atoms with Crippen LogP contribution in [0.4, 0.5) is 0 Å². The maximum Gasteiger partial charge on any atom is 0.0136 e. The molecule has 18 heavy (non-hydrogen) atoms. The average molecular weight is 252 g/mol. The van der Waals surface area contributed by atoms with E-state index < -0.39 is 0 Å². The van der Waals surface area contributed by atoms with Crippen LogP contribution in [0.25, 0.3) is 0 Å². The first kappa shape index (κ1) is 14.3. The van der Waals surface area contributed by atoms with E-state index in [0.717, 1.165) is 23.8 Å². The van der Waals surface area contributed by atoms with Crippen LogP contribution < -0.4 is 5.32 Å². The Bertz CT molecular complexity index is 235. The molecule has 2 aliphatic rings. The van der Waals surface area contributed by atoms with E-state index in [-0.39, 0.29) is 0 Å². The quantitative estimate of drug-likeness (QED) is 0.678. The molecule has 0 aromatic rings. The Morgan fingerprint density at radius 3 is 2.44 bits per heavy atom. The zero-order valence-electron chi connectivity index (χ0n) is 12.6. The monoisotopic (exact) mass is 252 g/mol. The van der Waals surface area contributed by atoms with Crippen LogP contribution in [0.1, 0.15) is 52.9 Å². The Balaban J connectivity index is 1.71. The van der Waals surface area contributed by atoms with E-state index >= 15 is 0 Å². The molecule has 0 heterocycles. The number of hydrogen-bond donors (Lipinski definition) is 1. The summed E-state index contributed by atoms with van der Waals surface area (Å²) >= 11 is 0. The molecule has 0 aromatic carbocycles. The summed E-state index contributed by atoms with van der Waals surface area (Å²) in [4.78, 5) is 2.81. The standard InChI is InChI=1S/C16H32N2/c1-4-9-18(12-14-5-6-14)16-8-7-15(16)11-17-10-13(2)3/h13-17H,4-12H2,1-3H3. The molecule has 2 nitrogen and oxygen atoms in total. The second kappa shape index (κ2) is 6.91. The second-order valence-corrected chi connectivity index (χ2v) is 6.90. The first-order valence-corrected chi connectivity index (χ1v) is 8.15. The third-order valence-electron chi connectivity index (χ3n) is 4.51. The molecule has 0 bridgehead atoms. The predicted octanol–water partition coefficient (Wildman–Crippen LogP) is 3.13. The minimum absolute atomic E-state index is 0.779. The van der Waals surface area contributed by atoms with Gasteiger partial charge < -0.3 is 5.32 Å². The van der Waals surface area contributed by atoms with Gasteiger partial charge in [0, 0.05) is 12.6 Å². The van der Waals surface area contributed by atoms with Gasteiger partial charge in [-0.15, -0.1) is 0 Å². The van der Waals surface area contributed by atoms with Crippen LogP contribution in [0.5, 0.6) is 0 Å². The number of nitrogens with one attached hydrogen (secondary N) is 1. The molecular formula is C16H32N2. The minimum atomic E-state index is 0.779. The van der Waals surface area contributed by atoms with Crippen molar-refractivity contribution in [1.29, 1.82) is 0 Å². The second-order valence-electron chi connectivity index (χ2n) is 6.90. The van der Waals surface area contributed by atoms with Gasteiger partial charge in [0.15, 0.2) is 0 Å². The molecule has 2 aliphatic carbocycles. The summed E-state index contributed by atoms with van der Waals surface area (Å²) in [5.41, 5.74) is 0. The van der Waals surface area contributed by atoms with Crippen molar-refractivity contribution < 1.29 is 0 Å². The summed E-state index contributed by atoms with van der Waals surface area (Å²) in [6.07, 6.45) is 7.18. The van der Waals surface area contributed by atoms with Gasteiger partial charge in [-0.25, -0.2) is 0 Å². The van der Waals surface area contributed by atoms with Crippen molar-refractivity contribution in [2.24, 2.45) is 17.8 Å². The molecule has 106 valence electrons. The van der Waals surface area contributed by atoms with Gasteiger partial charge in [-0.05, 0) is 69.5 Å². The Kier molecular flexibility index (Phi) is 5.50. The van der Waals surface area contributed by atoms with Gasteiger partial charge in [0.1, 0.15) is 0 Å². The van der Waals surface area contributed by atoms with Gasteiger partial charge >= 0.3 is 0 Å². The lowest BCUT2D eigenvalue weighted by Crippen LogP contribution is -2.51. The first-order valence-electron chi connectivity index (χ1n) is 8.15. The lowest BCUT2D eigenvalue weighted by Gasteiger charge is -2.45. The topological polar surface area (TPSA) is 15.3 Å². The fraction of sp³-hybridized carbons (Fsp3) is 1.00. The maximum atomic E-state index is 3.66. The molecule has 0 aromatic heterocycles. The van der Waals surface area contributed by atoms with Gasteiger partial charge in [0.05, 0.1) is 0 Å². The summed E-state index contributed by atoms with van der Waals surface area (Å²) in [5.74, 6) is 2.75. The molecule has 2 saturated carbocycles. The Hall–Kier alpha value is -0.0800. The third-order valence-corrected chi connectivity index (χ3v) is 4.51. The van der Waals surface area contributed by atoms with Gasteiger partial charge in [-0.3, -0.25) is 4.90 Å². The van der Waals surface area contributed by atoms with Gasteiger partial charge in [-0.1, -0.05) is 20.8 Å². The first-order chi connectivity index (χ1) is 8.70. The molecule has 2 heteroatoms. The lowest BCUT2D eigenvalue weighted by atomic mass is 9.78. The van der Waals surface area contributed by atoms with Crippen molar-refractivity contribution in [3.8, 4) is 0 Å². The van der Waals surface area contributed by atoms with Crippen LogP contribution in [-0.2, 0) is 0 Å². The average Bonchev–Trinajstić information content (AvgIpc) is 3.06. The molecule has 0 spiro atoms. The van der Waals surface area contributed by atoms with Crippen LogP contribution in [0.15, 0.2) is 0 Å². The molecular weight excluding hydrogens is 220 g/mol. The van der Waals surface area contributed by atoms with Gasteiger partial charge in [-0.2, -0.15) is 0 Å². The molecule has 2 atom stereocenters. The maximum absolute atomic E-state index is 3.66. The van der Waals surface area contributed by atoms with E-state index in [1.807, 2.05) is 0 Å². The lowest BCUT2D eigenvalue weighted by molar-refractivity contribution is 0.0574. The van der Waals surface area contributed by atoms with E-state index in [0.29, 0.717) is 0 Å². The van der Waals surface area contributed by atoms with Crippen LogP contribution in [-0.4, -0.2) is 37.1 Å². The smallest absolute Gasteiger partial charge is 0.0136 e. The SMILES string of the molecule is CCCN(CC1CC1)C1CCC1CNCC(C)C. The largest absolute Gasteiger partial charge is 0.316 e. The van der Waals surface area contributed by atoms with Crippen molar-refractivity contribution in [2.45, 2.75) is 58.9 Å². The number of nitrogens with zero attached hydrogens (tertiary/aromatic N) is 1. The Morgan fingerprint density at radius 2 is 1.94 bits per heavy atom. The fourth-order valence-electron chi connectivity index (χ4n) is 3.14. The summed E-state index contributed by atoms with van der Waals surface area (Å²) in [6.45, 7) is 12.0. The summed E-state index contributed by atoms with van der Waals surface area (Å²) in [6, 6.07) is 0.894. The highest BCUT2D eigenvalue weighted by Crippen LogP contribution is 2.36. The van der Waals surface area contributed by atoms with Crippen molar-refractivity contribution in [3.63, 3.8) is 0 Å². The Labute approximate surface area is 114 Å². The fourth-order valence-corrected chi connectivity index (χ4v) is 3.14. The molecule has 0 amide bonds. The highest BCUT2D eigenvalue weighted by atomic mass is 15.2. The van der Waals surface area contributed by atoms with Crippen molar-refractivity contribution >= 4 is 0 Å². The molecule has 1 N–H and O–H groups in total. The van der Waals surface area contributed by atoms with E-state index in [1.54, 1.807) is 0 Å². The minimum Gasteiger partial charge on any atom is -0.316 e. The molecule has 0 radical (unpaired) electrons. The molecule has 2 unspecified atom stereocenters. The van der Waals surface area contributed by atoms with Crippen LogP contribution in [0.2, 0.25) is 0 Å². The normalized spacial score (nSPS) is 27.8. The van der Waals surface area contributed by atoms with Gasteiger partial charge in [0.2, 0.25) is 0 Å². The zero-order valence-corrected chi connectivity index (χ0v) is 12.6. The highest BCUT2D eigenvalue weighted by Gasteiger charge is 2.37. The number of hydrogen-bond acceptors (Lipinski definition) is 2. The molecule has 0 aliphatic heterocycles. The van der Waals surface area contributed by atoms with Crippen molar-refractivity contribution in [1.82, 2.24) is 10.2 Å². The molecule has 2 rings (SSSR count). The zero-order chi connectivity index (χ0) is 13.0. The van der Waals surface area contributed by atoms with Crippen molar-refractivity contribution in [2.75, 3.05) is 26.2 Å². The Morgan fingerprint density at radius 1 is 1.17 bits per heavy atom.